The van der Waals surface area contributed by atoms with Gasteiger partial charge in [0.25, 0.3) is 5.56 Å². The van der Waals surface area contributed by atoms with Crippen molar-refractivity contribution in [2.24, 2.45) is 7.05 Å². The Morgan fingerprint density at radius 3 is 2.32 bits per heavy atom. The average Bonchev–Trinajstić information content (AvgIpc) is 3.27. The molecule has 1 aliphatic rings. The first-order chi connectivity index (χ1) is 16.3. The Balaban J connectivity index is 1.81. The number of pyridine rings is 1. The molecule has 4 aromatic rings. The van der Waals surface area contributed by atoms with Crippen LogP contribution in [0.25, 0.3) is 22.0 Å². The van der Waals surface area contributed by atoms with Gasteiger partial charge in [0.1, 0.15) is 0 Å². The van der Waals surface area contributed by atoms with Crippen molar-refractivity contribution in [2.45, 2.75) is 5.60 Å². The molecule has 0 radical (unpaired) electrons. The molecule has 0 fully saturated rings. The maximum Gasteiger partial charge on any atom is 0.251 e. The van der Waals surface area contributed by atoms with Crippen molar-refractivity contribution in [3.8, 4) is 11.1 Å². The Kier molecular flexibility index (Phi) is 5.64. The monoisotopic (exact) mass is 491 g/mol. The number of aliphatic hydroxyl groups is 1. The smallest absolute Gasteiger partial charge is 0.251 e. The molecule has 5 nitrogen and oxygen atoms in total. The van der Waals surface area contributed by atoms with Crippen LogP contribution in [0, 0.1) is 0 Å². The van der Waals surface area contributed by atoms with Crippen LogP contribution in [0.3, 0.4) is 0 Å². The molecule has 0 amide bonds. The van der Waals surface area contributed by atoms with Crippen LogP contribution in [0.4, 0.5) is 0 Å². The SMILES string of the molecule is CN1CNC=C1C(O)(c1ccc(Cl)cc1)c1ccc2c(c1)c(-c1cccc(Cl)c1)cc(=O)n2C. The molecular formula is C27H23Cl2N3O2. The second-order valence-corrected chi connectivity index (χ2v) is 9.38. The van der Waals surface area contributed by atoms with E-state index in [1.807, 2.05) is 66.7 Å². The second kappa shape index (κ2) is 8.51. The number of hydrogen-bond donors (Lipinski definition) is 2. The van der Waals surface area contributed by atoms with Gasteiger partial charge in [-0.25, -0.2) is 0 Å². The molecule has 2 N–H and O–H groups in total. The van der Waals surface area contributed by atoms with E-state index in [1.54, 1.807) is 35.9 Å². The van der Waals surface area contributed by atoms with Gasteiger partial charge in [0.2, 0.25) is 0 Å². The molecule has 0 bridgehead atoms. The van der Waals surface area contributed by atoms with Crippen LogP contribution >= 0.6 is 23.2 Å². The van der Waals surface area contributed by atoms with Gasteiger partial charge < -0.3 is 19.9 Å². The summed E-state index contributed by atoms with van der Waals surface area (Å²) in [5.74, 6) is 0. The van der Waals surface area contributed by atoms with Gasteiger partial charge in [-0.2, -0.15) is 0 Å². The molecule has 5 rings (SSSR count). The summed E-state index contributed by atoms with van der Waals surface area (Å²) < 4.78 is 1.61. The summed E-state index contributed by atoms with van der Waals surface area (Å²) in [7, 11) is 3.67. The number of halogens is 2. The van der Waals surface area contributed by atoms with Gasteiger partial charge in [0.05, 0.1) is 17.9 Å². The van der Waals surface area contributed by atoms with Crippen molar-refractivity contribution >= 4 is 34.1 Å². The van der Waals surface area contributed by atoms with Crippen molar-refractivity contribution < 1.29 is 5.11 Å². The number of fused-ring (bicyclic) bond motifs is 1. The highest BCUT2D eigenvalue weighted by atomic mass is 35.5. The number of rotatable bonds is 4. The molecule has 0 saturated heterocycles. The van der Waals surface area contributed by atoms with Gasteiger partial charge >= 0.3 is 0 Å². The third-order valence-electron chi connectivity index (χ3n) is 6.41. The van der Waals surface area contributed by atoms with Crippen LogP contribution in [0.5, 0.6) is 0 Å². The van der Waals surface area contributed by atoms with E-state index in [2.05, 4.69) is 5.32 Å². The van der Waals surface area contributed by atoms with Gasteiger partial charge in [0, 0.05) is 41.8 Å². The molecule has 34 heavy (non-hydrogen) atoms. The molecule has 7 heteroatoms. The fourth-order valence-electron chi connectivity index (χ4n) is 4.59. The summed E-state index contributed by atoms with van der Waals surface area (Å²) in [6.45, 7) is 0.584. The molecule has 0 aliphatic carbocycles. The first kappa shape index (κ1) is 22.5. The van der Waals surface area contributed by atoms with E-state index in [9.17, 15) is 9.90 Å². The van der Waals surface area contributed by atoms with Crippen LogP contribution in [-0.4, -0.2) is 28.3 Å². The maximum atomic E-state index is 12.7. The summed E-state index contributed by atoms with van der Waals surface area (Å²) in [6, 6.07) is 21.9. The number of likely N-dealkylation sites (N-methyl/N-ethyl adjacent to an activating group) is 1. The summed E-state index contributed by atoms with van der Waals surface area (Å²) in [5, 5.41) is 17.5. The lowest BCUT2D eigenvalue weighted by Crippen LogP contribution is -2.36. The molecule has 1 atom stereocenters. The van der Waals surface area contributed by atoms with Crippen molar-refractivity contribution in [3.63, 3.8) is 0 Å². The Bertz CT molecular complexity index is 1490. The number of hydrogen-bond acceptors (Lipinski definition) is 4. The standard InChI is InChI=1S/C27H23Cl2N3O2/c1-31-16-30-15-25(31)27(34,18-6-9-20(28)10-7-18)19-8-11-24-23(13-19)22(14-26(33)32(24)2)17-4-3-5-21(29)12-17/h3-15,30,34H,16H2,1-2H3. The first-order valence-corrected chi connectivity index (χ1v) is 11.6. The minimum atomic E-state index is -1.45. The maximum absolute atomic E-state index is 12.7. The van der Waals surface area contributed by atoms with Crippen LogP contribution in [0.1, 0.15) is 11.1 Å². The van der Waals surface area contributed by atoms with Crippen LogP contribution in [0.15, 0.2) is 89.5 Å². The van der Waals surface area contributed by atoms with E-state index in [0.717, 1.165) is 22.0 Å². The van der Waals surface area contributed by atoms with Gasteiger partial charge in [-0.05, 0) is 58.7 Å². The number of benzene rings is 3. The minimum absolute atomic E-state index is 0.120. The zero-order valence-electron chi connectivity index (χ0n) is 18.7. The number of nitrogens with one attached hydrogen (secondary N) is 1. The molecule has 0 saturated carbocycles. The van der Waals surface area contributed by atoms with Crippen LogP contribution in [0.2, 0.25) is 10.0 Å². The second-order valence-electron chi connectivity index (χ2n) is 8.50. The van der Waals surface area contributed by atoms with Crippen molar-refractivity contribution in [1.29, 1.82) is 0 Å². The predicted molar refractivity (Wildman–Crippen MR) is 138 cm³/mol. The molecule has 2 heterocycles. The first-order valence-electron chi connectivity index (χ1n) is 10.8. The van der Waals surface area contributed by atoms with E-state index in [-0.39, 0.29) is 5.56 Å². The van der Waals surface area contributed by atoms with E-state index in [1.165, 1.54) is 0 Å². The largest absolute Gasteiger partial charge is 0.374 e. The summed E-state index contributed by atoms with van der Waals surface area (Å²) >= 11 is 12.4. The molecule has 1 aromatic heterocycles. The number of aromatic nitrogens is 1. The molecular weight excluding hydrogens is 469 g/mol. The summed E-state index contributed by atoms with van der Waals surface area (Å²) in [6.07, 6.45) is 1.83. The van der Waals surface area contributed by atoms with Gasteiger partial charge in [-0.15, -0.1) is 0 Å². The van der Waals surface area contributed by atoms with Crippen LogP contribution < -0.4 is 10.9 Å². The van der Waals surface area contributed by atoms with E-state index in [4.69, 9.17) is 23.2 Å². The third-order valence-corrected chi connectivity index (χ3v) is 6.90. The van der Waals surface area contributed by atoms with E-state index >= 15 is 0 Å². The van der Waals surface area contributed by atoms with Crippen molar-refractivity contribution in [2.75, 3.05) is 13.7 Å². The summed E-state index contributed by atoms with van der Waals surface area (Å²) in [5.41, 5.74) is 2.86. The Labute approximate surface area is 207 Å². The van der Waals surface area contributed by atoms with Gasteiger partial charge in [-0.1, -0.05) is 53.5 Å². The van der Waals surface area contributed by atoms with Gasteiger partial charge in [-0.3, -0.25) is 4.79 Å². The number of nitrogens with zero attached hydrogens (tertiary/aromatic N) is 2. The third kappa shape index (κ3) is 3.66. The van der Waals surface area contributed by atoms with Gasteiger partial charge in [0.15, 0.2) is 5.60 Å². The number of aryl methyl sites for hydroxylation is 1. The van der Waals surface area contributed by atoms with E-state index < -0.39 is 5.60 Å². The average molecular weight is 492 g/mol. The fourth-order valence-corrected chi connectivity index (χ4v) is 4.91. The Morgan fingerprint density at radius 1 is 0.912 bits per heavy atom. The van der Waals surface area contributed by atoms with Crippen molar-refractivity contribution in [3.05, 3.63) is 116 Å². The zero-order valence-corrected chi connectivity index (χ0v) is 20.2. The highest BCUT2D eigenvalue weighted by Gasteiger charge is 2.40. The summed E-state index contributed by atoms with van der Waals surface area (Å²) in [4.78, 5) is 14.7. The van der Waals surface area contributed by atoms with E-state index in [0.29, 0.717) is 33.5 Å². The topological polar surface area (TPSA) is 57.5 Å². The predicted octanol–water partition coefficient (Wildman–Crippen LogP) is 5.08. The zero-order chi connectivity index (χ0) is 24.0. The Morgan fingerprint density at radius 2 is 1.65 bits per heavy atom. The highest BCUT2D eigenvalue weighted by molar-refractivity contribution is 6.31. The fraction of sp³-hybridized carbons (Fsp3) is 0.148. The van der Waals surface area contributed by atoms with Crippen molar-refractivity contribution in [1.82, 2.24) is 14.8 Å². The lowest BCUT2D eigenvalue weighted by molar-refractivity contribution is 0.0932. The molecule has 1 unspecified atom stereocenters. The normalized spacial score (nSPS) is 15.2. The lowest BCUT2D eigenvalue weighted by Gasteiger charge is -2.34. The highest BCUT2D eigenvalue weighted by Crippen LogP contribution is 2.41. The molecule has 1 aliphatic heterocycles. The lowest BCUT2D eigenvalue weighted by atomic mass is 9.82. The Hall–Kier alpha value is -3.25. The minimum Gasteiger partial charge on any atom is -0.374 e. The molecule has 3 aromatic carbocycles. The molecule has 0 spiro atoms. The molecule has 172 valence electrons. The van der Waals surface area contributed by atoms with Crippen LogP contribution in [-0.2, 0) is 12.6 Å². The quantitative estimate of drug-likeness (QED) is 0.417.